The Hall–Kier alpha value is -3.83. The molecule has 4 nitrogen and oxygen atoms in total. The zero-order valence-electron chi connectivity index (χ0n) is 22.5. The lowest BCUT2D eigenvalue weighted by Crippen LogP contribution is -2.49. The molecule has 0 spiro atoms. The molecule has 0 saturated heterocycles. The van der Waals surface area contributed by atoms with Crippen molar-refractivity contribution in [1.82, 2.24) is 20.0 Å². The van der Waals surface area contributed by atoms with Crippen LogP contribution in [0.5, 0.6) is 0 Å². The first-order valence-electron chi connectivity index (χ1n) is 14.5. The number of nitrogens with zero attached hydrogens (tertiary/aromatic N) is 4. The molecule has 0 radical (unpaired) electrons. The third-order valence-corrected chi connectivity index (χ3v) is 10.4. The summed E-state index contributed by atoms with van der Waals surface area (Å²) in [4.78, 5) is 4.69. The molecular formula is C35H32N4S. The van der Waals surface area contributed by atoms with Crippen LogP contribution in [0.1, 0.15) is 65.9 Å². The molecule has 0 aliphatic heterocycles. The third kappa shape index (κ3) is 4.43. The van der Waals surface area contributed by atoms with Crippen molar-refractivity contribution in [3.05, 3.63) is 106 Å². The number of fused-ring (bicyclic) bond motifs is 1. The molecule has 0 amide bonds. The monoisotopic (exact) mass is 540 g/mol. The van der Waals surface area contributed by atoms with Gasteiger partial charge in [0.2, 0.25) is 0 Å². The molecule has 0 atom stereocenters. The van der Waals surface area contributed by atoms with Crippen LogP contribution in [0.3, 0.4) is 0 Å². The summed E-state index contributed by atoms with van der Waals surface area (Å²) >= 11 is 1.72. The normalized spacial score (nSPS) is 25.6. The quantitative estimate of drug-likeness (QED) is 0.202. The molecule has 0 unspecified atom stereocenters. The van der Waals surface area contributed by atoms with Crippen LogP contribution >= 0.6 is 11.3 Å². The van der Waals surface area contributed by atoms with E-state index in [0.29, 0.717) is 0 Å². The van der Waals surface area contributed by atoms with Crippen molar-refractivity contribution >= 4 is 45.9 Å². The molecule has 3 aromatic carbocycles. The average molecular weight is 541 g/mol. The highest BCUT2D eigenvalue weighted by Gasteiger charge is 2.53. The molecule has 5 heteroatoms. The summed E-state index contributed by atoms with van der Waals surface area (Å²) in [5, 5.41) is 9.98. The van der Waals surface area contributed by atoms with Crippen LogP contribution in [-0.4, -0.2) is 20.0 Å². The Labute approximate surface area is 239 Å². The molecule has 4 aliphatic carbocycles. The lowest BCUT2D eigenvalue weighted by molar-refractivity contribution is -0.00828. The molecule has 9 rings (SSSR count). The van der Waals surface area contributed by atoms with Crippen molar-refractivity contribution in [3.63, 3.8) is 0 Å². The fourth-order valence-electron chi connectivity index (χ4n) is 7.98. The SMILES string of the molecule is C(=C\c1ccc(-n2nncc2C23CC4CC(CC(C4)C2)C3)cc1)/c1ccc(/C=C/c2nc3ccccc3s2)cc1. The number of benzene rings is 3. The highest BCUT2D eigenvalue weighted by Crippen LogP contribution is 2.60. The van der Waals surface area contributed by atoms with Gasteiger partial charge in [-0.3, -0.25) is 0 Å². The molecule has 4 aliphatic rings. The van der Waals surface area contributed by atoms with Gasteiger partial charge < -0.3 is 0 Å². The topological polar surface area (TPSA) is 43.6 Å². The van der Waals surface area contributed by atoms with Crippen LogP contribution in [0.25, 0.3) is 40.2 Å². The van der Waals surface area contributed by atoms with Crippen LogP contribution in [0.4, 0.5) is 0 Å². The van der Waals surface area contributed by atoms with Crippen molar-refractivity contribution in [2.24, 2.45) is 17.8 Å². The first kappa shape index (κ1) is 24.0. The zero-order chi connectivity index (χ0) is 26.5. The van der Waals surface area contributed by atoms with Crippen LogP contribution in [0, 0.1) is 17.8 Å². The summed E-state index contributed by atoms with van der Waals surface area (Å²) < 4.78 is 3.35. The Morgan fingerprint density at radius 3 is 1.90 bits per heavy atom. The van der Waals surface area contributed by atoms with Gasteiger partial charge in [0.05, 0.1) is 27.8 Å². The van der Waals surface area contributed by atoms with Crippen molar-refractivity contribution in [2.75, 3.05) is 0 Å². The van der Waals surface area contributed by atoms with Crippen LogP contribution in [0.15, 0.2) is 79.0 Å². The molecular weight excluding hydrogens is 508 g/mol. The van der Waals surface area contributed by atoms with Crippen molar-refractivity contribution in [1.29, 1.82) is 0 Å². The summed E-state index contributed by atoms with van der Waals surface area (Å²) in [5.41, 5.74) is 7.33. The molecule has 4 bridgehead atoms. The minimum absolute atomic E-state index is 0.284. The number of hydrogen-bond donors (Lipinski definition) is 0. The maximum absolute atomic E-state index is 4.69. The van der Waals surface area contributed by atoms with Gasteiger partial charge in [-0.15, -0.1) is 16.4 Å². The summed E-state index contributed by atoms with van der Waals surface area (Å²) in [6, 6.07) is 25.7. The molecule has 5 aromatic rings. The predicted molar refractivity (Wildman–Crippen MR) is 165 cm³/mol. The standard InChI is InChI=1S/C35H32N4S/c1-2-4-32-31(3-1)37-34(40-32)16-13-25-8-5-24(6-9-25)7-10-26-11-14-30(15-12-26)39-33(23-36-38-39)35-20-27-17-28(21-35)19-29(18-27)22-35/h1-16,23,27-29H,17-22H2/b10-7+,16-13+. The highest BCUT2D eigenvalue weighted by molar-refractivity contribution is 7.19. The van der Waals surface area contributed by atoms with E-state index in [9.17, 15) is 0 Å². The zero-order valence-corrected chi connectivity index (χ0v) is 23.3. The Morgan fingerprint density at radius 2 is 1.27 bits per heavy atom. The number of thiazole rings is 1. The summed E-state index contributed by atoms with van der Waals surface area (Å²) in [5.74, 6) is 2.72. The second-order valence-corrected chi connectivity index (χ2v) is 13.2. The van der Waals surface area contributed by atoms with Crippen molar-refractivity contribution < 1.29 is 0 Å². The summed E-state index contributed by atoms with van der Waals surface area (Å²) in [7, 11) is 0. The van der Waals surface area contributed by atoms with Crippen LogP contribution < -0.4 is 0 Å². The Bertz CT molecular complexity index is 1650. The predicted octanol–water partition coefficient (Wildman–Crippen LogP) is 8.69. The summed E-state index contributed by atoms with van der Waals surface area (Å²) in [6.45, 7) is 0. The Morgan fingerprint density at radius 1 is 0.700 bits per heavy atom. The van der Waals surface area contributed by atoms with Crippen molar-refractivity contribution in [3.8, 4) is 5.69 Å². The van der Waals surface area contributed by atoms with E-state index in [1.54, 1.807) is 11.3 Å². The number of hydrogen-bond acceptors (Lipinski definition) is 4. The minimum atomic E-state index is 0.284. The van der Waals surface area contributed by atoms with E-state index in [-0.39, 0.29) is 5.41 Å². The lowest BCUT2D eigenvalue weighted by Gasteiger charge is -2.56. The van der Waals surface area contributed by atoms with Gasteiger partial charge in [0.1, 0.15) is 5.01 Å². The smallest absolute Gasteiger partial charge is 0.117 e. The van der Waals surface area contributed by atoms with E-state index < -0.39 is 0 Å². The fraction of sp³-hybridized carbons (Fsp3) is 0.286. The Balaban J connectivity index is 0.955. The average Bonchev–Trinajstić information content (AvgIpc) is 3.63. The second kappa shape index (κ2) is 9.67. The van der Waals surface area contributed by atoms with E-state index in [1.165, 1.54) is 65.6 Å². The maximum Gasteiger partial charge on any atom is 0.117 e. The first-order chi connectivity index (χ1) is 19.7. The van der Waals surface area contributed by atoms with Gasteiger partial charge in [0.25, 0.3) is 0 Å². The van der Waals surface area contributed by atoms with E-state index in [1.807, 2.05) is 6.07 Å². The van der Waals surface area contributed by atoms with E-state index >= 15 is 0 Å². The van der Waals surface area contributed by atoms with Gasteiger partial charge in [-0.05, 0) is 103 Å². The van der Waals surface area contributed by atoms with Gasteiger partial charge in [0, 0.05) is 5.41 Å². The van der Waals surface area contributed by atoms with E-state index in [2.05, 4.69) is 117 Å². The second-order valence-electron chi connectivity index (χ2n) is 12.2. The first-order valence-corrected chi connectivity index (χ1v) is 15.3. The number of rotatable bonds is 6. The maximum atomic E-state index is 4.69. The van der Waals surface area contributed by atoms with Gasteiger partial charge >= 0.3 is 0 Å². The minimum Gasteiger partial charge on any atom is -0.237 e. The Kier molecular flexibility index (Phi) is 5.80. The molecule has 2 aromatic heterocycles. The van der Waals surface area contributed by atoms with Crippen LogP contribution in [0.2, 0.25) is 0 Å². The molecule has 4 fully saturated rings. The number of aromatic nitrogens is 4. The largest absolute Gasteiger partial charge is 0.237 e. The molecule has 0 N–H and O–H groups in total. The van der Waals surface area contributed by atoms with Gasteiger partial charge in [-0.2, -0.15) is 0 Å². The summed E-state index contributed by atoms with van der Waals surface area (Å²) in [6.07, 6.45) is 19.0. The van der Waals surface area contributed by atoms with E-state index in [0.717, 1.165) is 34.0 Å². The lowest BCUT2D eigenvalue weighted by atomic mass is 9.49. The third-order valence-electron chi connectivity index (χ3n) is 9.40. The van der Waals surface area contributed by atoms with E-state index in [4.69, 9.17) is 0 Å². The van der Waals surface area contributed by atoms with Crippen LogP contribution in [-0.2, 0) is 5.41 Å². The molecule has 2 heterocycles. The fourth-order valence-corrected chi connectivity index (χ4v) is 8.85. The van der Waals surface area contributed by atoms with Gasteiger partial charge in [-0.1, -0.05) is 72.0 Å². The van der Waals surface area contributed by atoms with Gasteiger partial charge in [0.15, 0.2) is 0 Å². The molecule has 198 valence electrons. The highest BCUT2D eigenvalue weighted by atomic mass is 32.1. The van der Waals surface area contributed by atoms with Crippen molar-refractivity contribution in [2.45, 2.75) is 43.9 Å². The number of para-hydroxylation sites is 1. The van der Waals surface area contributed by atoms with Gasteiger partial charge in [-0.25, -0.2) is 9.67 Å². The molecule has 4 saturated carbocycles. The molecule has 40 heavy (non-hydrogen) atoms.